The van der Waals surface area contributed by atoms with Crippen molar-refractivity contribution in [3.8, 4) is 0 Å². The van der Waals surface area contributed by atoms with Crippen molar-refractivity contribution >= 4 is 55.1 Å². The molecule has 0 radical (unpaired) electrons. The van der Waals surface area contributed by atoms with Crippen LogP contribution in [-0.2, 0) is 26.2 Å². The Morgan fingerprint density at radius 1 is 1.15 bits per heavy atom. The molecule has 0 fully saturated rings. The molecule has 7 nitrogen and oxygen atoms in total. The summed E-state index contributed by atoms with van der Waals surface area (Å²) in [5, 5.41) is 3.25. The SMILES string of the molecule is CCCCNC(=O)C(C)N(Cc1ccc(Br)cc1)C(=O)CN(c1ccc(C)c(Cl)c1)S(C)(=O)=O. The highest BCUT2D eigenvalue weighted by Crippen LogP contribution is 2.25. The van der Waals surface area contributed by atoms with Gasteiger partial charge in [-0.05, 0) is 55.7 Å². The van der Waals surface area contributed by atoms with Crippen LogP contribution in [0.15, 0.2) is 46.9 Å². The van der Waals surface area contributed by atoms with Gasteiger partial charge in [0.05, 0.1) is 11.9 Å². The van der Waals surface area contributed by atoms with Crippen LogP contribution in [0.4, 0.5) is 5.69 Å². The minimum absolute atomic E-state index is 0.154. The summed E-state index contributed by atoms with van der Waals surface area (Å²) in [5.74, 6) is -0.786. The quantitative estimate of drug-likeness (QED) is 0.402. The molecule has 0 aromatic heterocycles. The van der Waals surface area contributed by atoms with Crippen LogP contribution < -0.4 is 9.62 Å². The molecule has 186 valence electrons. The molecule has 34 heavy (non-hydrogen) atoms. The summed E-state index contributed by atoms with van der Waals surface area (Å²) in [6.07, 6.45) is 2.79. The molecule has 1 unspecified atom stereocenters. The van der Waals surface area contributed by atoms with Gasteiger partial charge in [-0.25, -0.2) is 8.42 Å². The Hall–Kier alpha value is -2.10. The zero-order chi connectivity index (χ0) is 25.5. The van der Waals surface area contributed by atoms with E-state index in [0.717, 1.165) is 39.0 Å². The molecule has 0 aliphatic heterocycles. The number of carbonyl (C=O) groups excluding carboxylic acids is 2. The lowest BCUT2D eigenvalue weighted by molar-refractivity contribution is -0.139. The van der Waals surface area contributed by atoms with Crippen LogP contribution in [0.3, 0.4) is 0 Å². The molecule has 0 bridgehead atoms. The van der Waals surface area contributed by atoms with Crippen molar-refractivity contribution in [2.75, 3.05) is 23.7 Å². The topological polar surface area (TPSA) is 86.8 Å². The number of nitrogens with zero attached hydrogens (tertiary/aromatic N) is 2. The summed E-state index contributed by atoms with van der Waals surface area (Å²) in [4.78, 5) is 27.7. The number of aryl methyl sites for hydroxylation is 1. The van der Waals surface area contributed by atoms with Gasteiger partial charge in [-0.1, -0.05) is 59.1 Å². The molecular weight excluding hydrogens is 542 g/mol. The zero-order valence-electron chi connectivity index (χ0n) is 19.8. The standard InChI is InChI=1S/C24H31BrClN3O4S/c1-5-6-13-27-24(31)18(3)28(15-19-8-10-20(25)11-9-19)23(30)16-29(34(4,32)33)21-12-7-17(2)22(26)14-21/h7-12,14,18H,5-6,13,15-16H2,1-4H3,(H,27,31). The first-order chi connectivity index (χ1) is 15.9. The second-order valence-corrected chi connectivity index (χ2v) is 11.4. The van der Waals surface area contributed by atoms with E-state index >= 15 is 0 Å². The molecule has 10 heteroatoms. The Morgan fingerprint density at radius 3 is 2.35 bits per heavy atom. The molecule has 1 atom stereocenters. The lowest BCUT2D eigenvalue weighted by atomic mass is 10.1. The molecule has 0 saturated carbocycles. The highest BCUT2D eigenvalue weighted by molar-refractivity contribution is 9.10. The lowest BCUT2D eigenvalue weighted by Gasteiger charge is -2.31. The summed E-state index contributed by atoms with van der Waals surface area (Å²) in [7, 11) is -3.80. The van der Waals surface area contributed by atoms with E-state index in [9.17, 15) is 18.0 Å². The Morgan fingerprint density at radius 2 is 1.79 bits per heavy atom. The number of anilines is 1. The highest BCUT2D eigenvalue weighted by atomic mass is 79.9. The predicted octanol–water partition coefficient (Wildman–Crippen LogP) is 4.51. The van der Waals surface area contributed by atoms with Crippen molar-refractivity contribution in [2.45, 2.75) is 46.2 Å². The van der Waals surface area contributed by atoms with Gasteiger partial charge >= 0.3 is 0 Å². The number of amides is 2. The van der Waals surface area contributed by atoms with Crippen LogP contribution in [0.2, 0.25) is 5.02 Å². The largest absolute Gasteiger partial charge is 0.354 e. The number of benzene rings is 2. The third-order valence-corrected chi connectivity index (χ3v) is 7.46. The van der Waals surface area contributed by atoms with Gasteiger partial charge in [0.25, 0.3) is 0 Å². The Labute approximate surface area is 215 Å². The van der Waals surface area contributed by atoms with E-state index in [0.29, 0.717) is 11.6 Å². The van der Waals surface area contributed by atoms with Crippen molar-refractivity contribution in [2.24, 2.45) is 0 Å². The van der Waals surface area contributed by atoms with Crippen molar-refractivity contribution < 1.29 is 18.0 Å². The van der Waals surface area contributed by atoms with Gasteiger partial charge in [-0.15, -0.1) is 0 Å². The van der Waals surface area contributed by atoms with E-state index in [-0.39, 0.29) is 18.1 Å². The maximum absolute atomic E-state index is 13.5. The molecule has 0 spiro atoms. The van der Waals surface area contributed by atoms with Crippen LogP contribution in [0.1, 0.15) is 37.8 Å². The van der Waals surface area contributed by atoms with Gasteiger partial charge in [0.2, 0.25) is 21.8 Å². The second kappa shape index (κ2) is 12.6. The second-order valence-electron chi connectivity index (χ2n) is 8.17. The summed E-state index contributed by atoms with van der Waals surface area (Å²) in [6, 6.07) is 11.4. The van der Waals surface area contributed by atoms with E-state index in [1.54, 1.807) is 26.0 Å². The fourth-order valence-corrected chi connectivity index (χ4v) is 4.54. The van der Waals surface area contributed by atoms with E-state index in [4.69, 9.17) is 11.6 Å². The molecule has 1 N–H and O–H groups in total. The number of sulfonamides is 1. The Bertz CT molecular complexity index is 1110. The van der Waals surface area contributed by atoms with Crippen molar-refractivity contribution in [3.63, 3.8) is 0 Å². The smallest absolute Gasteiger partial charge is 0.244 e. The van der Waals surface area contributed by atoms with Gasteiger partial charge in [0.1, 0.15) is 12.6 Å². The minimum atomic E-state index is -3.80. The van der Waals surface area contributed by atoms with Crippen molar-refractivity contribution in [1.82, 2.24) is 10.2 Å². The molecule has 0 saturated heterocycles. The first kappa shape index (κ1) is 28.1. The van der Waals surface area contributed by atoms with Crippen LogP contribution in [0.25, 0.3) is 0 Å². The van der Waals surface area contributed by atoms with Crippen LogP contribution in [0, 0.1) is 6.92 Å². The predicted molar refractivity (Wildman–Crippen MR) is 140 cm³/mol. The molecule has 2 rings (SSSR count). The van der Waals surface area contributed by atoms with Crippen LogP contribution >= 0.6 is 27.5 Å². The number of unbranched alkanes of at least 4 members (excludes halogenated alkanes) is 1. The number of halogens is 2. The summed E-state index contributed by atoms with van der Waals surface area (Å²) >= 11 is 9.60. The summed E-state index contributed by atoms with van der Waals surface area (Å²) < 4.78 is 27.1. The fraction of sp³-hybridized carbons (Fsp3) is 0.417. The fourth-order valence-electron chi connectivity index (χ4n) is 3.26. The molecule has 2 aromatic rings. The Balaban J connectivity index is 2.35. The zero-order valence-corrected chi connectivity index (χ0v) is 23.0. The van der Waals surface area contributed by atoms with Gasteiger partial charge < -0.3 is 10.2 Å². The number of carbonyl (C=O) groups is 2. The number of nitrogens with one attached hydrogen (secondary N) is 1. The summed E-state index contributed by atoms with van der Waals surface area (Å²) in [5.41, 5.74) is 1.89. The highest BCUT2D eigenvalue weighted by Gasteiger charge is 2.30. The van der Waals surface area contributed by atoms with Gasteiger partial charge in [0, 0.05) is 22.6 Å². The van der Waals surface area contributed by atoms with Crippen LogP contribution in [0.5, 0.6) is 0 Å². The molecule has 2 aromatic carbocycles. The average molecular weight is 573 g/mol. The average Bonchev–Trinajstić information content (AvgIpc) is 2.77. The number of hydrogen-bond donors (Lipinski definition) is 1. The normalized spacial score (nSPS) is 12.2. The molecule has 0 aliphatic rings. The van der Waals surface area contributed by atoms with Gasteiger partial charge in [-0.2, -0.15) is 0 Å². The minimum Gasteiger partial charge on any atom is -0.354 e. The summed E-state index contributed by atoms with van der Waals surface area (Å²) in [6.45, 7) is 5.68. The molecular formula is C24H31BrClN3O4S. The third-order valence-electron chi connectivity index (χ3n) is 5.39. The van der Waals surface area contributed by atoms with Crippen LogP contribution in [-0.4, -0.2) is 50.5 Å². The first-order valence-corrected chi connectivity index (χ1v) is 14.0. The Kier molecular flexibility index (Phi) is 10.4. The number of hydrogen-bond acceptors (Lipinski definition) is 4. The van der Waals surface area contributed by atoms with Crippen molar-refractivity contribution in [1.29, 1.82) is 0 Å². The van der Waals surface area contributed by atoms with E-state index in [1.807, 2.05) is 31.2 Å². The van der Waals surface area contributed by atoms with Crippen molar-refractivity contribution in [3.05, 3.63) is 63.1 Å². The molecule has 0 aliphatic carbocycles. The van der Waals surface area contributed by atoms with E-state index in [2.05, 4.69) is 21.2 Å². The first-order valence-electron chi connectivity index (χ1n) is 11.0. The molecule has 2 amide bonds. The van der Waals surface area contributed by atoms with E-state index < -0.39 is 28.5 Å². The number of rotatable bonds is 11. The van der Waals surface area contributed by atoms with Gasteiger partial charge in [-0.3, -0.25) is 13.9 Å². The van der Waals surface area contributed by atoms with E-state index in [1.165, 1.54) is 11.0 Å². The maximum atomic E-state index is 13.5. The third kappa shape index (κ3) is 7.99. The maximum Gasteiger partial charge on any atom is 0.244 e. The lowest BCUT2D eigenvalue weighted by Crippen LogP contribution is -2.51. The molecule has 0 heterocycles. The van der Waals surface area contributed by atoms with Gasteiger partial charge in [0.15, 0.2) is 0 Å². The monoisotopic (exact) mass is 571 g/mol.